The van der Waals surface area contributed by atoms with Gasteiger partial charge in [-0.05, 0) is 24.8 Å². The molecule has 1 aliphatic carbocycles. The quantitative estimate of drug-likeness (QED) is 0.744. The van der Waals surface area contributed by atoms with Gasteiger partial charge in [0.05, 0.1) is 17.7 Å². The largest absolute Gasteiger partial charge is 0.413 e. The van der Waals surface area contributed by atoms with E-state index in [0.29, 0.717) is 5.71 Å². The van der Waals surface area contributed by atoms with Gasteiger partial charge in [-0.2, -0.15) is 18.4 Å². The number of nitriles is 1. The third-order valence-electron chi connectivity index (χ3n) is 3.79. The van der Waals surface area contributed by atoms with Crippen molar-refractivity contribution in [1.82, 2.24) is 0 Å². The van der Waals surface area contributed by atoms with E-state index in [1.807, 2.05) is 0 Å². The van der Waals surface area contributed by atoms with Crippen LogP contribution >= 0.6 is 0 Å². The Labute approximate surface area is 104 Å². The Morgan fingerprint density at radius 1 is 1.44 bits per heavy atom. The third kappa shape index (κ3) is 2.43. The Morgan fingerprint density at radius 2 is 2.11 bits per heavy atom. The first kappa shape index (κ1) is 13.1. The molecular weight excluding hydrogens is 241 g/mol. The molecule has 2 nitrogen and oxygen atoms in total. The van der Waals surface area contributed by atoms with Gasteiger partial charge >= 0.3 is 6.18 Å². The lowest BCUT2D eigenvalue weighted by Gasteiger charge is -2.31. The van der Waals surface area contributed by atoms with E-state index in [1.165, 1.54) is 6.92 Å². The minimum absolute atomic E-state index is 0.131. The predicted molar refractivity (Wildman–Crippen MR) is 62.0 cm³/mol. The topological polar surface area (TPSA) is 36.1 Å². The molecule has 2 atom stereocenters. The summed E-state index contributed by atoms with van der Waals surface area (Å²) in [6.45, 7) is 1.65. The highest BCUT2D eigenvalue weighted by Gasteiger charge is 2.40. The van der Waals surface area contributed by atoms with Crippen LogP contribution < -0.4 is 0 Å². The molecule has 1 fully saturated rings. The van der Waals surface area contributed by atoms with Gasteiger partial charge in [0.1, 0.15) is 0 Å². The maximum absolute atomic E-state index is 12.8. The molecule has 98 valence electrons. The van der Waals surface area contributed by atoms with Crippen LogP contribution in [0.25, 0.3) is 0 Å². The molecule has 2 aliphatic rings. The van der Waals surface area contributed by atoms with E-state index in [0.717, 1.165) is 25.3 Å². The SMILES string of the molecule is CC1CN=C(C(C#N)C2CCC2)C=C1C(F)(F)F. The van der Waals surface area contributed by atoms with Gasteiger partial charge in [-0.1, -0.05) is 13.3 Å². The summed E-state index contributed by atoms with van der Waals surface area (Å²) < 4.78 is 38.5. The number of dihydropyridines is 1. The summed E-state index contributed by atoms with van der Waals surface area (Å²) in [6.07, 6.45) is -0.326. The Balaban J connectivity index is 2.24. The summed E-state index contributed by atoms with van der Waals surface area (Å²) in [5, 5.41) is 9.13. The highest BCUT2D eigenvalue weighted by atomic mass is 19.4. The summed E-state index contributed by atoms with van der Waals surface area (Å²) in [4.78, 5) is 4.17. The summed E-state index contributed by atoms with van der Waals surface area (Å²) >= 11 is 0. The van der Waals surface area contributed by atoms with E-state index in [2.05, 4.69) is 11.1 Å². The second-order valence-electron chi connectivity index (χ2n) is 5.06. The maximum atomic E-state index is 12.8. The molecule has 0 saturated heterocycles. The molecule has 0 aromatic rings. The van der Waals surface area contributed by atoms with Gasteiger partial charge in [0.25, 0.3) is 0 Å². The summed E-state index contributed by atoms with van der Waals surface area (Å²) in [5.41, 5.74) is -0.223. The fourth-order valence-corrected chi connectivity index (χ4v) is 2.42. The molecule has 2 unspecified atom stereocenters. The molecule has 0 N–H and O–H groups in total. The fraction of sp³-hybridized carbons (Fsp3) is 0.692. The molecule has 0 aromatic heterocycles. The molecule has 2 rings (SSSR count). The Morgan fingerprint density at radius 3 is 2.56 bits per heavy atom. The normalized spacial score (nSPS) is 26.7. The zero-order valence-electron chi connectivity index (χ0n) is 10.2. The van der Waals surface area contributed by atoms with Crippen molar-refractivity contribution in [3.63, 3.8) is 0 Å². The average Bonchev–Trinajstić information content (AvgIpc) is 2.22. The molecule has 0 radical (unpaired) electrons. The lowest BCUT2D eigenvalue weighted by atomic mass is 9.73. The van der Waals surface area contributed by atoms with Crippen LogP contribution in [0.4, 0.5) is 13.2 Å². The fourth-order valence-electron chi connectivity index (χ4n) is 2.42. The Hall–Kier alpha value is -1.31. The lowest BCUT2D eigenvalue weighted by molar-refractivity contribution is -0.0981. The van der Waals surface area contributed by atoms with Gasteiger partial charge in [0.2, 0.25) is 0 Å². The van der Waals surface area contributed by atoms with Gasteiger partial charge in [0, 0.05) is 18.0 Å². The first-order valence-corrected chi connectivity index (χ1v) is 6.16. The Kier molecular flexibility index (Phi) is 3.47. The molecule has 0 aromatic carbocycles. The van der Waals surface area contributed by atoms with Crippen molar-refractivity contribution in [2.45, 2.75) is 32.4 Å². The summed E-state index contributed by atoms with van der Waals surface area (Å²) in [7, 11) is 0. The number of halogens is 3. The van der Waals surface area contributed by atoms with Crippen LogP contribution in [0.1, 0.15) is 26.2 Å². The predicted octanol–water partition coefficient (Wildman–Crippen LogP) is 3.51. The van der Waals surface area contributed by atoms with Gasteiger partial charge in [-0.25, -0.2) is 0 Å². The second-order valence-corrected chi connectivity index (χ2v) is 5.06. The Bertz CT molecular complexity index is 424. The first-order valence-electron chi connectivity index (χ1n) is 6.16. The zero-order valence-corrected chi connectivity index (χ0v) is 10.2. The highest BCUT2D eigenvalue weighted by molar-refractivity contribution is 6.00. The minimum Gasteiger partial charge on any atom is -0.288 e. The molecule has 0 bridgehead atoms. The number of allylic oxidation sites excluding steroid dienone is 1. The van der Waals surface area contributed by atoms with Crippen molar-refractivity contribution >= 4 is 5.71 Å². The lowest BCUT2D eigenvalue weighted by Crippen LogP contribution is -2.32. The third-order valence-corrected chi connectivity index (χ3v) is 3.79. The van der Waals surface area contributed by atoms with Crippen LogP contribution in [0, 0.1) is 29.1 Å². The van der Waals surface area contributed by atoms with Crippen LogP contribution in [0.2, 0.25) is 0 Å². The zero-order chi connectivity index (χ0) is 13.3. The van der Waals surface area contributed by atoms with Crippen molar-refractivity contribution in [2.75, 3.05) is 6.54 Å². The van der Waals surface area contributed by atoms with E-state index in [-0.39, 0.29) is 12.5 Å². The number of hydrogen-bond acceptors (Lipinski definition) is 2. The molecule has 1 heterocycles. The van der Waals surface area contributed by atoms with Crippen LogP contribution in [0.15, 0.2) is 16.6 Å². The molecule has 1 saturated carbocycles. The van der Waals surface area contributed by atoms with Gasteiger partial charge < -0.3 is 0 Å². The summed E-state index contributed by atoms with van der Waals surface area (Å²) in [6, 6.07) is 2.12. The van der Waals surface area contributed by atoms with Crippen molar-refractivity contribution in [2.24, 2.45) is 22.7 Å². The van der Waals surface area contributed by atoms with Crippen molar-refractivity contribution in [3.05, 3.63) is 11.6 Å². The van der Waals surface area contributed by atoms with Crippen LogP contribution in [0.5, 0.6) is 0 Å². The van der Waals surface area contributed by atoms with Crippen LogP contribution in [-0.4, -0.2) is 18.4 Å². The van der Waals surface area contributed by atoms with E-state index in [4.69, 9.17) is 5.26 Å². The number of aliphatic imine (C=N–C) groups is 1. The molecule has 18 heavy (non-hydrogen) atoms. The average molecular weight is 256 g/mol. The van der Waals surface area contributed by atoms with Crippen molar-refractivity contribution in [1.29, 1.82) is 5.26 Å². The molecule has 1 aliphatic heterocycles. The maximum Gasteiger partial charge on any atom is 0.413 e. The molecule has 0 spiro atoms. The van der Waals surface area contributed by atoms with E-state index in [9.17, 15) is 13.2 Å². The smallest absolute Gasteiger partial charge is 0.288 e. The van der Waals surface area contributed by atoms with Gasteiger partial charge in [0.15, 0.2) is 0 Å². The van der Waals surface area contributed by atoms with E-state index >= 15 is 0 Å². The van der Waals surface area contributed by atoms with Crippen LogP contribution in [-0.2, 0) is 0 Å². The first-order chi connectivity index (χ1) is 8.43. The number of hydrogen-bond donors (Lipinski definition) is 0. The highest BCUT2D eigenvalue weighted by Crippen LogP contribution is 2.38. The molecular formula is C13H15F3N2. The van der Waals surface area contributed by atoms with E-state index in [1.54, 1.807) is 0 Å². The second kappa shape index (κ2) is 4.75. The monoisotopic (exact) mass is 256 g/mol. The van der Waals surface area contributed by atoms with Gasteiger partial charge in [-0.15, -0.1) is 0 Å². The summed E-state index contributed by atoms with van der Waals surface area (Å²) in [5.74, 6) is -0.897. The number of alkyl halides is 3. The number of nitrogens with zero attached hydrogens (tertiary/aromatic N) is 2. The van der Waals surface area contributed by atoms with Crippen molar-refractivity contribution < 1.29 is 13.2 Å². The van der Waals surface area contributed by atoms with Gasteiger partial charge in [-0.3, -0.25) is 4.99 Å². The van der Waals surface area contributed by atoms with Crippen LogP contribution in [0.3, 0.4) is 0 Å². The van der Waals surface area contributed by atoms with Crippen molar-refractivity contribution in [3.8, 4) is 6.07 Å². The van der Waals surface area contributed by atoms with E-state index < -0.39 is 23.6 Å². The molecule has 0 amide bonds. The minimum atomic E-state index is -4.32. The number of rotatable bonds is 2. The molecule has 5 heteroatoms. The standard InChI is InChI=1S/C13H15F3N2/c1-8-7-18-12(5-11(8)13(14,15)16)10(6-17)9-3-2-4-9/h5,8-10H,2-4,7H2,1H3.